The Labute approximate surface area is 100 Å². The SMILES string of the molecule is CC(=O)NC1CCN(C(=O)OC(C)(C)C)C1=O. The fraction of sp³-hybridized carbons (Fsp3) is 0.727. The number of rotatable bonds is 1. The first-order chi connectivity index (χ1) is 7.70. The fourth-order valence-corrected chi connectivity index (χ4v) is 1.56. The monoisotopic (exact) mass is 242 g/mol. The quantitative estimate of drug-likeness (QED) is 0.732. The summed E-state index contributed by atoms with van der Waals surface area (Å²) < 4.78 is 5.10. The molecule has 0 bridgehead atoms. The number of carbonyl (C=O) groups excluding carboxylic acids is 3. The van der Waals surface area contributed by atoms with E-state index in [-0.39, 0.29) is 12.5 Å². The van der Waals surface area contributed by atoms with E-state index in [0.717, 1.165) is 4.90 Å². The summed E-state index contributed by atoms with van der Waals surface area (Å²) >= 11 is 0. The smallest absolute Gasteiger partial charge is 0.417 e. The standard InChI is InChI=1S/C11H18N2O4/c1-7(14)12-8-5-6-13(9(8)15)10(16)17-11(2,3)4/h8H,5-6H2,1-4H3,(H,12,14). The number of hydrogen-bond acceptors (Lipinski definition) is 4. The molecule has 1 unspecified atom stereocenters. The molecule has 0 aliphatic carbocycles. The second-order valence-electron chi connectivity index (χ2n) is 5.01. The number of nitrogens with zero attached hydrogens (tertiary/aromatic N) is 1. The van der Waals surface area contributed by atoms with Crippen LogP contribution in [0.2, 0.25) is 0 Å². The second kappa shape index (κ2) is 4.73. The van der Waals surface area contributed by atoms with Gasteiger partial charge in [0.05, 0.1) is 0 Å². The molecule has 3 amide bonds. The van der Waals surface area contributed by atoms with Gasteiger partial charge in [-0.1, -0.05) is 0 Å². The Hall–Kier alpha value is -1.59. The predicted molar refractivity (Wildman–Crippen MR) is 60.2 cm³/mol. The highest BCUT2D eigenvalue weighted by Gasteiger charge is 2.38. The number of imide groups is 1. The van der Waals surface area contributed by atoms with E-state index in [0.29, 0.717) is 6.42 Å². The van der Waals surface area contributed by atoms with Crippen molar-refractivity contribution in [2.24, 2.45) is 0 Å². The van der Waals surface area contributed by atoms with Crippen LogP contribution in [0.1, 0.15) is 34.1 Å². The second-order valence-corrected chi connectivity index (χ2v) is 5.01. The maximum Gasteiger partial charge on any atom is 0.417 e. The van der Waals surface area contributed by atoms with Gasteiger partial charge in [-0.05, 0) is 27.2 Å². The van der Waals surface area contributed by atoms with Crippen LogP contribution in [0.15, 0.2) is 0 Å². The molecule has 1 aliphatic heterocycles. The van der Waals surface area contributed by atoms with Gasteiger partial charge >= 0.3 is 6.09 Å². The van der Waals surface area contributed by atoms with E-state index in [4.69, 9.17) is 4.74 Å². The molecule has 0 saturated carbocycles. The molecule has 0 aromatic rings. The lowest BCUT2D eigenvalue weighted by Gasteiger charge is -2.23. The summed E-state index contributed by atoms with van der Waals surface area (Å²) in [5.74, 6) is -0.691. The van der Waals surface area contributed by atoms with Crippen molar-refractivity contribution in [1.29, 1.82) is 0 Å². The molecular weight excluding hydrogens is 224 g/mol. The zero-order valence-electron chi connectivity index (χ0n) is 10.6. The third kappa shape index (κ3) is 3.72. The topological polar surface area (TPSA) is 75.7 Å². The van der Waals surface area contributed by atoms with Crippen molar-refractivity contribution in [3.63, 3.8) is 0 Å². The van der Waals surface area contributed by atoms with Gasteiger partial charge in [0.15, 0.2) is 0 Å². The van der Waals surface area contributed by atoms with E-state index in [1.54, 1.807) is 20.8 Å². The third-order valence-electron chi connectivity index (χ3n) is 2.20. The minimum atomic E-state index is -0.657. The highest BCUT2D eigenvalue weighted by molar-refractivity contribution is 5.98. The van der Waals surface area contributed by atoms with Crippen LogP contribution in [0.25, 0.3) is 0 Å². The Bertz CT molecular complexity index is 346. The van der Waals surface area contributed by atoms with Gasteiger partial charge in [-0.3, -0.25) is 9.59 Å². The first-order valence-electron chi connectivity index (χ1n) is 5.52. The van der Waals surface area contributed by atoms with Crippen LogP contribution in [0, 0.1) is 0 Å². The van der Waals surface area contributed by atoms with E-state index in [9.17, 15) is 14.4 Å². The molecule has 0 radical (unpaired) electrons. The molecule has 6 heteroatoms. The van der Waals surface area contributed by atoms with Crippen LogP contribution in [-0.2, 0) is 14.3 Å². The van der Waals surface area contributed by atoms with Gasteiger partial charge in [0.1, 0.15) is 11.6 Å². The van der Waals surface area contributed by atoms with Crippen LogP contribution >= 0.6 is 0 Å². The molecule has 0 spiro atoms. The average molecular weight is 242 g/mol. The average Bonchev–Trinajstić information content (AvgIpc) is 2.44. The summed E-state index contributed by atoms with van der Waals surface area (Å²) in [6, 6.07) is -0.611. The zero-order valence-corrected chi connectivity index (χ0v) is 10.6. The summed E-state index contributed by atoms with van der Waals surface area (Å²) in [4.78, 5) is 35.3. The van der Waals surface area contributed by atoms with Gasteiger partial charge in [-0.25, -0.2) is 9.69 Å². The molecule has 96 valence electrons. The Morgan fingerprint density at radius 2 is 2.00 bits per heavy atom. The van der Waals surface area contributed by atoms with E-state index in [2.05, 4.69) is 5.32 Å². The number of amides is 3. The van der Waals surface area contributed by atoms with Gasteiger partial charge in [-0.2, -0.15) is 0 Å². The lowest BCUT2D eigenvalue weighted by Crippen LogP contribution is -2.44. The third-order valence-corrected chi connectivity index (χ3v) is 2.20. The highest BCUT2D eigenvalue weighted by Crippen LogP contribution is 2.16. The van der Waals surface area contributed by atoms with E-state index in [1.165, 1.54) is 6.92 Å². The Kier molecular flexibility index (Phi) is 3.75. The van der Waals surface area contributed by atoms with Crippen LogP contribution < -0.4 is 5.32 Å². The summed E-state index contributed by atoms with van der Waals surface area (Å²) in [5, 5.41) is 2.50. The van der Waals surface area contributed by atoms with Gasteiger partial charge < -0.3 is 10.1 Å². The molecule has 1 aliphatic rings. The number of hydrogen-bond donors (Lipinski definition) is 1. The van der Waals surface area contributed by atoms with Crippen LogP contribution in [0.4, 0.5) is 4.79 Å². The van der Waals surface area contributed by atoms with Crippen LogP contribution in [0.3, 0.4) is 0 Å². The summed E-state index contributed by atoms with van der Waals surface area (Å²) in [6.45, 7) is 6.81. The van der Waals surface area contributed by atoms with Crippen molar-refractivity contribution in [2.75, 3.05) is 6.54 Å². The molecule has 1 N–H and O–H groups in total. The normalized spacial score (nSPS) is 20.4. The van der Waals surface area contributed by atoms with E-state index >= 15 is 0 Å². The van der Waals surface area contributed by atoms with Gasteiger partial charge in [-0.15, -0.1) is 0 Å². The van der Waals surface area contributed by atoms with Crippen LogP contribution in [-0.4, -0.2) is 41.0 Å². The van der Waals surface area contributed by atoms with Crippen molar-refractivity contribution in [2.45, 2.75) is 45.8 Å². The van der Waals surface area contributed by atoms with Crippen molar-refractivity contribution in [3.05, 3.63) is 0 Å². The molecule has 6 nitrogen and oxygen atoms in total. The zero-order chi connectivity index (χ0) is 13.2. The molecule has 1 fully saturated rings. The van der Waals surface area contributed by atoms with E-state index < -0.39 is 23.6 Å². The molecule has 0 aromatic heterocycles. The summed E-state index contributed by atoms with van der Waals surface area (Å²) in [6.07, 6.45) is -0.229. The van der Waals surface area contributed by atoms with Crippen molar-refractivity contribution < 1.29 is 19.1 Å². The molecule has 1 saturated heterocycles. The maximum absolute atomic E-state index is 11.8. The molecule has 1 heterocycles. The lowest BCUT2D eigenvalue weighted by atomic mass is 10.2. The fourth-order valence-electron chi connectivity index (χ4n) is 1.56. The number of nitrogens with one attached hydrogen (secondary N) is 1. The first kappa shape index (κ1) is 13.5. The minimum Gasteiger partial charge on any atom is -0.443 e. The summed E-state index contributed by atoms with van der Waals surface area (Å²) in [7, 11) is 0. The molecule has 17 heavy (non-hydrogen) atoms. The van der Waals surface area contributed by atoms with Crippen molar-refractivity contribution in [1.82, 2.24) is 10.2 Å². The molecule has 1 atom stereocenters. The van der Waals surface area contributed by atoms with Gasteiger partial charge in [0.25, 0.3) is 5.91 Å². The largest absolute Gasteiger partial charge is 0.443 e. The van der Waals surface area contributed by atoms with Crippen molar-refractivity contribution >= 4 is 17.9 Å². The number of carbonyl (C=O) groups is 3. The Morgan fingerprint density at radius 3 is 2.47 bits per heavy atom. The predicted octanol–water partition coefficient (Wildman–Crippen LogP) is 0.658. The molecule has 0 aromatic carbocycles. The lowest BCUT2D eigenvalue weighted by molar-refractivity contribution is -0.131. The van der Waals surface area contributed by atoms with Gasteiger partial charge in [0, 0.05) is 13.5 Å². The number of ether oxygens (including phenoxy) is 1. The minimum absolute atomic E-state index is 0.276. The maximum atomic E-state index is 11.8. The van der Waals surface area contributed by atoms with E-state index in [1.807, 2.05) is 0 Å². The number of likely N-dealkylation sites (tertiary alicyclic amines) is 1. The van der Waals surface area contributed by atoms with Crippen molar-refractivity contribution in [3.8, 4) is 0 Å². The Morgan fingerprint density at radius 1 is 1.41 bits per heavy atom. The Balaban J connectivity index is 2.61. The first-order valence-corrected chi connectivity index (χ1v) is 5.52. The highest BCUT2D eigenvalue weighted by atomic mass is 16.6. The molecule has 1 rings (SSSR count). The molecular formula is C11H18N2O4. The van der Waals surface area contributed by atoms with Gasteiger partial charge in [0.2, 0.25) is 5.91 Å². The van der Waals surface area contributed by atoms with Crippen LogP contribution in [0.5, 0.6) is 0 Å². The summed E-state index contributed by atoms with van der Waals surface area (Å²) in [5.41, 5.74) is -0.635.